The van der Waals surface area contributed by atoms with Gasteiger partial charge in [0.25, 0.3) is 0 Å². The number of ether oxygens (including phenoxy) is 1. The number of amides is 5. The molecule has 1 aromatic carbocycles. The number of likely N-dealkylation sites (tertiary alicyclic amines) is 3. The number of anilines is 1. The molecule has 5 amide bonds. The van der Waals surface area contributed by atoms with Crippen molar-refractivity contribution in [1.82, 2.24) is 45.6 Å². The second-order valence-electron chi connectivity index (χ2n) is 17.2. The van der Waals surface area contributed by atoms with Crippen LogP contribution in [-0.4, -0.2) is 138 Å². The van der Waals surface area contributed by atoms with Crippen molar-refractivity contribution in [1.29, 1.82) is 0 Å². The van der Waals surface area contributed by atoms with Gasteiger partial charge in [-0.1, -0.05) is 6.07 Å². The van der Waals surface area contributed by atoms with Crippen LogP contribution in [0.1, 0.15) is 75.0 Å². The summed E-state index contributed by atoms with van der Waals surface area (Å²) in [6, 6.07) is 5.86. The first-order chi connectivity index (χ1) is 30.3. The Hall–Kier alpha value is -5.43. The lowest BCUT2D eigenvalue weighted by atomic mass is 9.65. The third-order valence-electron chi connectivity index (χ3n) is 13.3. The van der Waals surface area contributed by atoms with Crippen LogP contribution in [0.3, 0.4) is 0 Å². The lowest BCUT2D eigenvalue weighted by Gasteiger charge is -2.45. The number of alkyl halides is 3. The number of fused-ring (bicyclic) bond motifs is 1. The molecule has 0 radical (unpaired) electrons. The van der Waals surface area contributed by atoms with Gasteiger partial charge in [0.1, 0.15) is 18.2 Å². The van der Waals surface area contributed by atoms with Gasteiger partial charge in [-0.25, -0.2) is 9.97 Å². The van der Waals surface area contributed by atoms with E-state index in [1.807, 2.05) is 6.07 Å². The maximum Gasteiger partial charge on any atom is 0.416 e. The zero-order chi connectivity index (χ0) is 44.6. The second kappa shape index (κ2) is 20.4. The Labute approximate surface area is 364 Å². The van der Waals surface area contributed by atoms with Crippen LogP contribution in [0, 0.1) is 17.3 Å². The van der Waals surface area contributed by atoms with Gasteiger partial charge >= 0.3 is 6.18 Å². The van der Waals surface area contributed by atoms with Crippen molar-refractivity contribution >= 4 is 46.3 Å². The number of carbonyl (C=O) groups is 5. The SMILES string of the molecule is CN1C(=O)C[C@H](C(=O)NCCNC(=O)C2CCC3(CC2)CCN(CCOCCC(=O)NCCN2CC[C@H](Nc4ncnc5ccc(C(F)(F)F)cc45)C2=O)CC3)[C@H]1c1cccnc1. The number of rotatable bonds is 17. The van der Waals surface area contributed by atoms with E-state index in [0.29, 0.717) is 44.7 Å². The number of piperidine rings is 1. The second-order valence-corrected chi connectivity index (χ2v) is 17.2. The molecule has 16 nitrogen and oxygen atoms in total. The van der Waals surface area contributed by atoms with Gasteiger partial charge in [0, 0.05) is 82.9 Å². The molecule has 3 atom stereocenters. The first-order valence-electron chi connectivity index (χ1n) is 22.0. The normalized spacial score (nSPS) is 21.9. The van der Waals surface area contributed by atoms with E-state index in [1.165, 1.54) is 12.4 Å². The van der Waals surface area contributed by atoms with E-state index in [2.05, 4.69) is 41.1 Å². The van der Waals surface area contributed by atoms with Gasteiger partial charge in [-0.3, -0.25) is 29.0 Å². The zero-order valence-corrected chi connectivity index (χ0v) is 35.6. The fraction of sp³-hybridized carbons (Fsp3) is 0.591. The summed E-state index contributed by atoms with van der Waals surface area (Å²) >= 11 is 0. The molecule has 1 aliphatic carbocycles. The Morgan fingerprint density at radius 1 is 0.889 bits per heavy atom. The summed E-state index contributed by atoms with van der Waals surface area (Å²) in [5.41, 5.74) is 0.582. The number of aromatic nitrogens is 3. The van der Waals surface area contributed by atoms with Crippen LogP contribution in [0.2, 0.25) is 0 Å². The molecule has 19 heteroatoms. The predicted octanol–water partition coefficient (Wildman–Crippen LogP) is 3.30. The number of nitrogens with zero attached hydrogens (tertiary/aromatic N) is 6. The van der Waals surface area contributed by atoms with Gasteiger partial charge in [-0.15, -0.1) is 0 Å². The fourth-order valence-electron chi connectivity index (χ4n) is 9.49. The van der Waals surface area contributed by atoms with Gasteiger partial charge in [0.05, 0.1) is 36.3 Å². The van der Waals surface area contributed by atoms with E-state index >= 15 is 0 Å². The number of benzene rings is 1. The van der Waals surface area contributed by atoms with Gasteiger partial charge in [0.2, 0.25) is 29.5 Å². The summed E-state index contributed by atoms with van der Waals surface area (Å²) in [4.78, 5) is 81.9. The average molecular weight is 879 g/mol. The molecule has 340 valence electrons. The van der Waals surface area contributed by atoms with Crippen molar-refractivity contribution in [3.63, 3.8) is 0 Å². The van der Waals surface area contributed by atoms with E-state index in [-0.39, 0.29) is 84.1 Å². The molecular weight excluding hydrogens is 822 g/mol. The molecule has 3 aromatic rings. The van der Waals surface area contributed by atoms with Crippen LogP contribution >= 0.6 is 0 Å². The van der Waals surface area contributed by atoms with Crippen LogP contribution in [0.15, 0.2) is 49.1 Å². The lowest BCUT2D eigenvalue weighted by Crippen LogP contribution is -2.45. The molecule has 63 heavy (non-hydrogen) atoms. The first kappa shape index (κ1) is 45.6. The monoisotopic (exact) mass is 878 g/mol. The summed E-state index contributed by atoms with van der Waals surface area (Å²) in [7, 11) is 1.71. The molecular formula is C44H57F3N10O6. The highest BCUT2D eigenvalue weighted by Crippen LogP contribution is 2.46. The summed E-state index contributed by atoms with van der Waals surface area (Å²) in [5, 5.41) is 11.9. The van der Waals surface area contributed by atoms with E-state index in [1.54, 1.807) is 35.3 Å². The highest BCUT2D eigenvalue weighted by Gasteiger charge is 2.43. The van der Waals surface area contributed by atoms with Crippen molar-refractivity contribution in [2.24, 2.45) is 17.3 Å². The maximum absolute atomic E-state index is 13.3. The number of hydrogen-bond donors (Lipinski definition) is 4. The van der Waals surface area contributed by atoms with Crippen LogP contribution in [0.4, 0.5) is 19.0 Å². The van der Waals surface area contributed by atoms with E-state index in [9.17, 15) is 37.1 Å². The Morgan fingerprint density at radius 3 is 2.38 bits per heavy atom. The highest BCUT2D eigenvalue weighted by atomic mass is 19.4. The third kappa shape index (κ3) is 11.4. The molecule has 4 aliphatic rings. The van der Waals surface area contributed by atoms with Gasteiger partial charge in [-0.2, -0.15) is 13.2 Å². The average Bonchev–Trinajstić information content (AvgIpc) is 3.78. The Kier molecular flexibility index (Phi) is 14.8. The van der Waals surface area contributed by atoms with Crippen molar-refractivity contribution < 1.29 is 41.9 Å². The molecule has 0 bridgehead atoms. The van der Waals surface area contributed by atoms with Gasteiger partial charge in [0.15, 0.2) is 0 Å². The zero-order valence-electron chi connectivity index (χ0n) is 35.6. The van der Waals surface area contributed by atoms with E-state index in [0.717, 1.165) is 75.9 Å². The van der Waals surface area contributed by atoms with Crippen molar-refractivity contribution in [2.45, 2.75) is 76.0 Å². The topological polar surface area (TPSA) is 191 Å². The molecule has 7 rings (SSSR count). The van der Waals surface area contributed by atoms with Crippen LogP contribution in [0.5, 0.6) is 0 Å². The van der Waals surface area contributed by atoms with Crippen molar-refractivity contribution in [2.75, 3.05) is 77.9 Å². The minimum Gasteiger partial charge on any atom is -0.380 e. The minimum absolute atomic E-state index is 0.0293. The van der Waals surface area contributed by atoms with Crippen LogP contribution < -0.4 is 21.3 Å². The molecule has 4 fully saturated rings. The number of pyridine rings is 1. The molecule has 1 saturated carbocycles. The van der Waals surface area contributed by atoms with Crippen LogP contribution in [-0.2, 0) is 34.9 Å². The van der Waals surface area contributed by atoms with Gasteiger partial charge < -0.3 is 40.7 Å². The van der Waals surface area contributed by atoms with E-state index in [4.69, 9.17) is 4.74 Å². The smallest absolute Gasteiger partial charge is 0.380 e. The number of nitrogens with one attached hydrogen (secondary N) is 4. The first-order valence-corrected chi connectivity index (χ1v) is 22.0. The fourth-order valence-corrected chi connectivity index (χ4v) is 9.49. The number of hydrogen-bond acceptors (Lipinski definition) is 11. The maximum atomic E-state index is 13.3. The summed E-state index contributed by atoms with van der Waals surface area (Å²) < 4.78 is 45.7. The molecule has 4 N–H and O–H groups in total. The number of halogens is 3. The highest BCUT2D eigenvalue weighted by molar-refractivity contribution is 5.93. The minimum atomic E-state index is -4.53. The molecule has 2 aromatic heterocycles. The quantitative estimate of drug-likeness (QED) is 0.146. The predicted molar refractivity (Wildman–Crippen MR) is 226 cm³/mol. The third-order valence-corrected chi connectivity index (χ3v) is 13.3. The molecule has 0 unspecified atom stereocenters. The van der Waals surface area contributed by atoms with Crippen molar-refractivity contribution in [3.05, 3.63) is 60.2 Å². The molecule has 1 spiro atoms. The molecule has 3 saturated heterocycles. The molecule has 5 heterocycles. The van der Waals surface area contributed by atoms with Gasteiger partial charge in [-0.05, 0) is 93.3 Å². The Bertz CT molecular complexity index is 2090. The standard InChI is InChI=1S/C44H57F3N10O6/c1-55-37(59)26-33(38(55)30-3-2-14-48-27-30)41(61)51-16-15-50-40(60)29-6-10-43(11-7-29)12-19-56(20-13-43)22-24-63-23-9-36(58)49-17-21-57-18-8-35(42(57)62)54-39-32-25-31(44(45,46)47)4-5-34(32)52-28-53-39/h2-5,14,25,27-29,33,35,38H,6-13,15-24,26H2,1H3,(H,49,58)(H,50,60)(H,51,61)(H,52,53,54)/t33-,35-,38+/m0/s1. The van der Waals surface area contributed by atoms with Crippen molar-refractivity contribution in [3.8, 4) is 0 Å². The summed E-state index contributed by atoms with van der Waals surface area (Å²) in [6.45, 7) is 5.12. The number of carbonyl (C=O) groups excluding carboxylic acids is 5. The summed E-state index contributed by atoms with van der Waals surface area (Å²) in [6.07, 6.45) is 6.70. The lowest BCUT2D eigenvalue weighted by molar-refractivity contribution is -0.137. The Morgan fingerprint density at radius 2 is 1.65 bits per heavy atom. The molecule has 3 aliphatic heterocycles. The van der Waals surface area contributed by atoms with Crippen LogP contribution in [0.25, 0.3) is 10.9 Å². The Balaban J connectivity index is 0.713. The van der Waals surface area contributed by atoms with E-state index < -0.39 is 23.7 Å². The largest absolute Gasteiger partial charge is 0.416 e. The summed E-state index contributed by atoms with van der Waals surface area (Å²) in [5.74, 6) is -1.05.